The lowest BCUT2D eigenvalue weighted by Crippen LogP contribution is -2.34. The highest BCUT2D eigenvalue weighted by molar-refractivity contribution is 9.10. The van der Waals surface area contributed by atoms with Gasteiger partial charge in [-0.05, 0) is 58.8 Å². The van der Waals surface area contributed by atoms with Gasteiger partial charge in [-0.25, -0.2) is 4.39 Å². The molecular formula is C17H25BrFNO. The third-order valence-electron chi connectivity index (χ3n) is 3.41. The summed E-state index contributed by atoms with van der Waals surface area (Å²) in [5.41, 5.74) is 0.538. The standard InChI is InChI=1S/C17H25BrFNO/c1-12(2)7-9-20(10-8-13(3)4)17(21)14-5-6-16(19)15(18)11-14/h5-6,11-13H,7-10H2,1-4H3. The molecule has 0 aromatic heterocycles. The van der Waals surface area contributed by atoms with E-state index in [0.29, 0.717) is 21.9 Å². The Morgan fingerprint density at radius 1 is 1.14 bits per heavy atom. The van der Waals surface area contributed by atoms with E-state index in [1.165, 1.54) is 6.07 Å². The molecule has 21 heavy (non-hydrogen) atoms. The first-order valence-electron chi connectivity index (χ1n) is 7.55. The minimum Gasteiger partial charge on any atom is -0.339 e. The van der Waals surface area contributed by atoms with Crippen molar-refractivity contribution >= 4 is 21.8 Å². The van der Waals surface area contributed by atoms with E-state index in [1.807, 2.05) is 4.90 Å². The maximum atomic E-state index is 13.3. The van der Waals surface area contributed by atoms with Gasteiger partial charge in [-0.15, -0.1) is 0 Å². The molecule has 0 radical (unpaired) electrons. The van der Waals surface area contributed by atoms with Crippen molar-refractivity contribution in [1.29, 1.82) is 0 Å². The number of hydrogen-bond donors (Lipinski definition) is 0. The largest absolute Gasteiger partial charge is 0.339 e. The Morgan fingerprint density at radius 3 is 2.10 bits per heavy atom. The van der Waals surface area contributed by atoms with E-state index < -0.39 is 0 Å². The molecule has 1 amide bonds. The molecule has 1 aromatic carbocycles. The van der Waals surface area contributed by atoms with Crippen molar-refractivity contribution in [3.05, 3.63) is 34.1 Å². The van der Waals surface area contributed by atoms with Crippen molar-refractivity contribution in [2.75, 3.05) is 13.1 Å². The zero-order valence-electron chi connectivity index (χ0n) is 13.3. The summed E-state index contributed by atoms with van der Waals surface area (Å²) in [6, 6.07) is 4.45. The van der Waals surface area contributed by atoms with Gasteiger partial charge in [0.05, 0.1) is 4.47 Å². The molecule has 0 aliphatic rings. The van der Waals surface area contributed by atoms with Crippen molar-refractivity contribution in [3.8, 4) is 0 Å². The maximum absolute atomic E-state index is 13.3. The van der Waals surface area contributed by atoms with Gasteiger partial charge in [-0.3, -0.25) is 4.79 Å². The van der Waals surface area contributed by atoms with Gasteiger partial charge in [0.25, 0.3) is 5.91 Å². The van der Waals surface area contributed by atoms with Crippen molar-refractivity contribution in [2.45, 2.75) is 40.5 Å². The van der Waals surface area contributed by atoms with Gasteiger partial charge < -0.3 is 4.90 Å². The van der Waals surface area contributed by atoms with Crippen LogP contribution in [-0.2, 0) is 0 Å². The second-order valence-electron chi connectivity index (χ2n) is 6.29. The van der Waals surface area contributed by atoms with Crippen LogP contribution in [0.2, 0.25) is 0 Å². The molecule has 0 aliphatic heterocycles. The Bertz CT molecular complexity index is 462. The molecule has 2 nitrogen and oxygen atoms in total. The molecule has 0 saturated carbocycles. The quantitative estimate of drug-likeness (QED) is 0.662. The van der Waals surface area contributed by atoms with E-state index in [9.17, 15) is 9.18 Å². The van der Waals surface area contributed by atoms with E-state index in [2.05, 4.69) is 43.6 Å². The number of rotatable bonds is 7. The summed E-state index contributed by atoms with van der Waals surface area (Å²) in [7, 11) is 0. The highest BCUT2D eigenvalue weighted by Crippen LogP contribution is 2.19. The molecule has 0 fully saturated rings. The van der Waals surface area contributed by atoms with Crippen LogP contribution >= 0.6 is 15.9 Å². The van der Waals surface area contributed by atoms with E-state index in [4.69, 9.17) is 0 Å². The number of carbonyl (C=O) groups excluding carboxylic acids is 1. The molecule has 0 spiro atoms. The van der Waals surface area contributed by atoms with Crippen LogP contribution in [0.25, 0.3) is 0 Å². The van der Waals surface area contributed by atoms with Crippen LogP contribution in [0.5, 0.6) is 0 Å². The zero-order valence-corrected chi connectivity index (χ0v) is 14.9. The van der Waals surface area contributed by atoms with Gasteiger partial charge in [-0.2, -0.15) is 0 Å². The molecule has 0 bridgehead atoms. The molecule has 0 unspecified atom stereocenters. The first kappa shape index (κ1) is 18.1. The van der Waals surface area contributed by atoms with Crippen LogP contribution in [0.15, 0.2) is 22.7 Å². The topological polar surface area (TPSA) is 20.3 Å². The number of carbonyl (C=O) groups is 1. The Hall–Kier alpha value is -0.900. The fourth-order valence-electron chi connectivity index (χ4n) is 1.95. The lowest BCUT2D eigenvalue weighted by molar-refractivity contribution is 0.0740. The number of amides is 1. The first-order chi connectivity index (χ1) is 9.81. The lowest BCUT2D eigenvalue weighted by atomic mass is 10.1. The van der Waals surface area contributed by atoms with Crippen LogP contribution in [0.1, 0.15) is 50.9 Å². The molecule has 0 saturated heterocycles. The van der Waals surface area contributed by atoms with Crippen molar-refractivity contribution in [3.63, 3.8) is 0 Å². The number of benzene rings is 1. The predicted octanol–water partition coefficient (Wildman–Crippen LogP) is 5.12. The molecule has 118 valence electrons. The summed E-state index contributed by atoms with van der Waals surface area (Å²) in [4.78, 5) is 14.5. The first-order valence-corrected chi connectivity index (χ1v) is 8.35. The molecule has 1 aromatic rings. The van der Waals surface area contributed by atoms with Crippen LogP contribution in [0.3, 0.4) is 0 Å². The van der Waals surface area contributed by atoms with Gasteiger partial charge >= 0.3 is 0 Å². The average Bonchev–Trinajstić information content (AvgIpc) is 2.40. The fourth-order valence-corrected chi connectivity index (χ4v) is 2.33. The Morgan fingerprint density at radius 2 is 1.67 bits per heavy atom. The number of hydrogen-bond acceptors (Lipinski definition) is 1. The van der Waals surface area contributed by atoms with Gasteiger partial charge in [0.2, 0.25) is 0 Å². The smallest absolute Gasteiger partial charge is 0.253 e. The molecular weight excluding hydrogens is 333 g/mol. The SMILES string of the molecule is CC(C)CCN(CCC(C)C)C(=O)c1ccc(F)c(Br)c1. The summed E-state index contributed by atoms with van der Waals surface area (Å²) in [6.07, 6.45) is 1.96. The second kappa shape index (κ2) is 8.52. The van der Waals surface area contributed by atoms with E-state index in [-0.39, 0.29) is 11.7 Å². The summed E-state index contributed by atoms with van der Waals surface area (Å²) in [6.45, 7) is 10.1. The Labute approximate surface area is 135 Å². The molecule has 0 N–H and O–H groups in total. The van der Waals surface area contributed by atoms with Gasteiger partial charge in [-0.1, -0.05) is 27.7 Å². The highest BCUT2D eigenvalue weighted by Gasteiger charge is 2.17. The van der Waals surface area contributed by atoms with Crippen molar-refractivity contribution < 1.29 is 9.18 Å². The predicted molar refractivity (Wildman–Crippen MR) is 88.9 cm³/mol. The summed E-state index contributed by atoms with van der Waals surface area (Å²) < 4.78 is 13.6. The van der Waals surface area contributed by atoms with Gasteiger partial charge in [0.15, 0.2) is 0 Å². The lowest BCUT2D eigenvalue weighted by Gasteiger charge is -2.24. The normalized spacial score (nSPS) is 11.2. The molecule has 4 heteroatoms. The number of nitrogens with zero attached hydrogens (tertiary/aromatic N) is 1. The molecule has 1 rings (SSSR count). The third kappa shape index (κ3) is 6.16. The zero-order chi connectivity index (χ0) is 16.0. The Kier molecular flexibility index (Phi) is 7.36. The summed E-state index contributed by atoms with van der Waals surface area (Å²) in [5, 5.41) is 0. The van der Waals surface area contributed by atoms with Crippen LogP contribution in [-0.4, -0.2) is 23.9 Å². The minimum atomic E-state index is -0.345. The van der Waals surface area contributed by atoms with E-state index in [0.717, 1.165) is 25.9 Å². The number of halogens is 2. The maximum Gasteiger partial charge on any atom is 0.253 e. The van der Waals surface area contributed by atoms with E-state index >= 15 is 0 Å². The van der Waals surface area contributed by atoms with Gasteiger partial charge in [0.1, 0.15) is 5.82 Å². The molecule has 0 aliphatic carbocycles. The van der Waals surface area contributed by atoms with E-state index in [1.54, 1.807) is 12.1 Å². The van der Waals surface area contributed by atoms with Crippen molar-refractivity contribution in [1.82, 2.24) is 4.90 Å². The Balaban J connectivity index is 2.83. The monoisotopic (exact) mass is 357 g/mol. The van der Waals surface area contributed by atoms with Crippen LogP contribution in [0, 0.1) is 17.7 Å². The molecule has 0 heterocycles. The minimum absolute atomic E-state index is 0.0167. The van der Waals surface area contributed by atoms with Crippen LogP contribution in [0.4, 0.5) is 4.39 Å². The van der Waals surface area contributed by atoms with Crippen molar-refractivity contribution in [2.24, 2.45) is 11.8 Å². The van der Waals surface area contributed by atoms with Crippen LogP contribution < -0.4 is 0 Å². The molecule has 0 atom stereocenters. The average molecular weight is 358 g/mol. The summed E-state index contributed by atoms with van der Waals surface area (Å²) in [5.74, 6) is 0.748. The van der Waals surface area contributed by atoms with Gasteiger partial charge in [0, 0.05) is 18.7 Å². The highest BCUT2D eigenvalue weighted by atomic mass is 79.9. The third-order valence-corrected chi connectivity index (χ3v) is 4.01. The summed E-state index contributed by atoms with van der Waals surface area (Å²) >= 11 is 3.14. The fraction of sp³-hybridized carbons (Fsp3) is 0.588. The second-order valence-corrected chi connectivity index (χ2v) is 7.14.